The molecule has 1 radical (unpaired) electrons. The molecule has 4 rings (SSSR count). The van der Waals surface area contributed by atoms with E-state index in [4.69, 9.17) is 5.26 Å². The van der Waals surface area contributed by atoms with E-state index in [1.165, 1.54) is 4.57 Å². The van der Waals surface area contributed by atoms with Crippen LogP contribution in [0.15, 0.2) is 76.4 Å². The summed E-state index contributed by atoms with van der Waals surface area (Å²) >= 11 is 0. The van der Waals surface area contributed by atoms with Gasteiger partial charge in [-0.25, -0.2) is 4.79 Å². The SMILES string of the molecule is N#CC1[CH]CC(NCCCn2c(=O)c(-c3ccccc3)cn(Cc3ccccc3)c2=O)CC1. The van der Waals surface area contributed by atoms with Gasteiger partial charge >= 0.3 is 5.69 Å². The standard InChI is InChI=1S/C27H29N4O2/c28-18-21-12-14-24(15-13-21)29-16-7-17-31-26(32)25(23-10-5-2-6-11-23)20-30(27(31)33)19-22-8-3-1-4-9-22/h1-6,8-12,20-21,24,29H,7,13-17,19H2. The second-order valence-electron chi connectivity index (χ2n) is 8.55. The predicted molar refractivity (Wildman–Crippen MR) is 130 cm³/mol. The molecule has 1 heterocycles. The molecule has 1 aliphatic rings. The van der Waals surface area contributed by atoms with E-state index in [2.05, 4.69) is 17.8 Å². The summed E-state index contributed by atoms with van der Waals surface area (Å²) in [5.74, 6) is 0.0606. The van der Waals surface area contributed by atoms with Gasteiger partial charge in [0.15, 0.2) is 0 Å². The van der Waals surface area contributed by atoms with Gasteiger partial charge in [0.2, 0.25) is 0 Å². The molecule has 1 aromatic heterocycles. The van der Waals surface area contributed by atoms with Gasteiger partial charge in [0.25, 0.3) is 5.56 Å². The zero-order valence-electron chi connectivity index (χ0n) is 18.7. The largest absolute Gasteiger partial charge is 0.331 e. The van der Waals surface area contributed by atoms with Gasteiger partial charge in [-0.15, -0.1) is 0 Å². The van der Waals surface area contributed by atoms with Gasteiger partial charge in [0, 0.05) is 24.7 Å². The Balaban J connectivity index is 1.52. The Hall–Kier alpha value is -3.43. The molecule has 6 heteroatoms. The number of nitrogens with zero attached hydrogens (tertiary/aromatic N) is 3. The Labute approximate surface area is 194 Å². The van der Waals surface area contributed by atoms with Crippen molar-refractivity contribution < 1.29 is 0 Å². The van der Waals surface area contributed by atoms with Crippen molar-refractivity contribution in [2.75, 3.05) is 6.54 Å². The Kier molecular flexibility index (Phi) is 7.54. The Morgan fingerprint density at radius 2 is 1.73 bits per heavy atom. The summed E-state index contributed by atoms with van der Waals surface area (Å²) in [6.45, 7) is 1.49. The molecule has 0 amide bonds. The molecule has 3 aromatic rings. The van der Waals surface area contributed by atoms with Crippen molar-refractivity contribution in [3.8, 4) is 17.2 Å². The number of aromatic nitrogens is 2. The summed E-state index contributed by atoms with van der Waals surface area (Å²) in [5, 5.41) is 12.5. The molecule has 1 aliphatic carbocycles. The maximum atomic E-state index is 13.3. The third-order valence-corrected chi connectivity index (χ3v) is 6.21. The minimum absolute atomic E-state index is 0.0606. The Morgan fingerprint density at radius 3 is 2.39 bits per heavy atom. The molecule has 0 saturated heterocycles. The molecule has 1 saturated carbocycles. The lowest BCUT2D eigenvalue weighted by Gasteiger charge is -2.25. The second-order valence-corrected chi connectivity index (χ2v) is 8.55. The smallest absolute Gasteiger partial charge is 0.314 e. The molecule has 0 bridgehead atoms. The maximum Gasteiger partial charge on any atom is 0.331 e. The molecule has 33 heavy (non-hydrogen) atoms. The van der Waals surface area contributed by atoms with Crippen molar-refractivity contribution in [1.29, 1.82) is 5.26 Å². The van der Waals surface area contributed by atoms with E-state index < -0.39 is 0 Å². The van der Waals surface area contributed by atoms with Crippen LogP contribution in [0, 0.1) is 23.7 Å². The quantitative estimate of drug-likeness (QED) is 0.542. The summed E-state index contributed by atoms with van der Waals surface area (Å²) in [5.41, 5.74) is 1.81. The van der Waals surface area contributed by atoms with Crippen LogP contribution in [0.1, 0.15) is 31.2 Å². The first-order chi connectivity index (χ1) is 16.2. The van der Waals surface area contributed by atoms with Crippen LogP contribution in [0.3, 0.4) is 0 Å². The van der Waals surface area contributed by atoms with Crippen LogP contribution in [0.5, 0.6) is 0 Å². The lowest BCUT2D eigenvalue weighted by atomic mass is 9.87. The van der Waals surface area contributed by atoms with Crippen molar-refractivity contribution in [3.05, 3.63) is 99.7 Å². The zero-order valence-corrected chi connectivity index (χ0v) is 18.7. The van der Waals surface area contributed by atoms with Crippen molar-refractivity contribution in [2.24, 2.45) is 5.92 Å². The molecule has 2 unspecified atom stereocenters. The molecule has 169 valence electrons. The molecule has 1 N–H and O–H groups in total. The summed E-state index contributed by atoms with van der Waals surface area (Å²) < 4.78 is 3.00. The van der Waals surface area contributed by atoms with Crippen LogP contribution in [-0.4, -0.2) is 21.7 Å². The van der Waals surface area contributed by atoms with Gasteiger partial charge in [-0.3, -0.25) is 13.9 Å². The fourth-order valence-electron chi connectivity index (χ4n) is 4.35. The van der Waals surface area contributed by atoms with Crippen molar-refractivity contribution in [2.45, 2.75) is 44.8 Å². The molecule has 1 fully saturated rings. The normalized spacial score (nSPS) is 18.0. The Morgan fingerprint density at radius 1 is 1.00 bits per heavy atom. The van der Waals surface area contributed by atoms with Crippen LogP contribution in [0.25, 0.3) is 11.1 Å². The van der Waals surface area contributed by atoms with Gasteiger partial charge in [0.05, 0.1) is 18.2 Å². The van der Waals surface area contributed by atoms with Gasteiger partial charge in [-0.1, -0.05) is 60.7 Å². The molecule has 6 nitrogen and oxygen atoms in total. The van der Waals surface area contributed by atoms with Crippen LogP contribution in [0.4, 0.5) is 0 Å². The number of hydrogen-bond donors (Lipinski definition) is 1. The highest BCUT2D eigenvalue weighted by Crippen LogP contribution is 2.22. The first-order valence-corrected chi connectivity index (χ1v) is 11.6. The summed E-state index contributed by atoms with van der Waals surface area (Å²) in [6, 6.07) is 22.0. The number of rotatable bonds is 8. The summed E-state index contributed by atoms with van der Waals surface area (Å²) in [6.07, 6.45) is 7.18. The number of hydrogen-bond acceptors (Lipinski definition) is 4. The van der Waals surface area contributed by atoms with Crippen molar-refractivity contribution in [3.63, 3.8) is 0 Å². The summed E-state index contributed by atoms with van der Waals surface area (Å²) in [7, 11) is 0. The minimum atomic E-state index is -0.286. The van der Waals surface area contributed by atoms with E-state index in [1.54, 1.807) is 10.8 Å². The molecular weight excluding hydrogens is 412 g/mol. The van der Waals surface area contributed by atoms with E-state index in [-0.39, 0.29) is 17.2 Å². The number of nitrogens with one attached hydrogen (secondary N) is 1. The fourth-order valence-corrected chi connectivity index (χ4v) is 4.35. The monoisotopic (exact) mass is 441 g/mol. The average molecular weight is 442 g/mol. The number of nitriles is 1. The lowest BCUT2D eigenvalue weighted by molar-refractivity contribution is 0.383. The van der Waals surface area contributed by atoms with Gasteiger partial charge < -0.3 is 5.32 Å². The first-order valence-electron chi connectivity index (χ1n) is 11.6. The Bertz CT molecular complexity index is 1200. The van der Waals surface area contributed by atoms with E-state index in [1.807, 2.05) is 60.7 Å². The minimum Gasteiger partial charge on any atom is -0.314 e. The van der Waals surface area contributed by atoms with E-state index >= 15 is 0 Å². The topological polar surface area (TPSA) is 79.8 Å². The number of benzene rings is 2. The van der Waals surface area contributed by atoms with Crippen molar-refractivity contribution >= 4 is 0 Å². The van der Waals surface area contributed by atoms with Gasteiger partial charge in [-0.2, -0.15) is 5.26 Å². The molecule has 2 aromatic carbocycles. The third-order valence-electron chi connectivity index (χ3n) is 6.21. The average Bonchev–Trinajstić information content (AvgIpc) is 2.86. The van der Waals surface area contributed by atoms with Crippen LogP contribution >= 0.6 is 0 Å². The van der Waals surface area contributed by atoms with Gasteiger partial charge in [-0.05, 0) is 49.8 Å². The lowest BCUT2D eigenvalue weighted by Crippen LogP contribution is -2.41. The predicted octanol–water partition coefficient (Wildman–Crippen LogP) is 3.60. The van der Waals surface area contributed by atoms with E-state index in [0.717, 1.165) is 36.9 Å². The highest BCUT2D eigenvalue weighted by molar-refractivity contribution is 5.61. The highest BCUT2D eigenvalue weighted by Gasteiger charge is 2.20. The van der Waals surface area contributed by atoms with E-state index in [9.17, 15) is 9.59 Å². The summed E-state index contributed by atoms with van der Waals surface area (Å²) in [4.78, 5) is 26.5. The van der Waals surface area contributed by atoms with Crippen LogP contribution in [-0.2, 0) is 13.1 Å². The van der Waals surface area contributed by atoms with E-state index in [0.29, 0.717) is 31.1 Å². The second kappa shape index (κ2) is 10.9. The maximum absolute atomic E-state index is 13.3. The molecule has 0 spiro atoms. The molecule has 2 atom stereocenters. The zero-order chi connectivity index (χ0) is 23.0. The van der Waals surface area contributed by atoms with Crippen molar-refractivity contribution in [1.82, 2.24) is 14.5 Å². The highest BCUT2D eigenvalue weighted by atomic mass is 16.2. The molecule has 0 aliphatic heterocycles. The fraction of sp³-hybridized carbons (Fsp3) is 0.333. The van der Waals surface area contributed by atoms with Crippen LogP contribution in [0.2, 0.25) is 0 Å². The van der Waals surface area contributed by atoms with Crippen LogP contribution < -0.4 is 16.6 Å². The molecular formula is C27H29N4O2. The third kappa shape index (κ3) is 5.68. The first kappa shape index (κ1) is 22.8. The van der Waals surface area contributed by atoms with Gasteiger partial charge in [0.1, 0.15) is 0 Å².